The average molecular weight is 238 g/mol. The molecule has 1 saturated carbocycles. The van der Waals surface area contributed by atoms with Crippen molar-refractivity contribution in [1.82, 2.24) is 15.0 Å². The minimum atomic E-state index is -0.400. The highest BCUT2D eigenvalue weighted by molar-refractivity contribution is 5.93. The number of aromatic nitrogens is 3. The smallest absolute Gasteiger partial charge is 0.329 e. The second-order valence-corrected chi connectivity index (χ2v) is 3.83. The lowest BCUT2D eigenvalue weighted by Gasteiger charge is -2.00. The number of carbonyl (C=O) groups is 2. The Kier molecular flexibility index (Phi) is 3.36. The fourth-order valence-electron chi connectivity index (χ4n) is 1.33. The van der Waals surface area contributed by atoms with Crippen LogP contribution in [-0.4, -0.2) is 33.5 Å². The van der Waals surface area contributed by atoms with Gasteiger partial charge in [-0.25, -0.2) is 4.79 Å². The number of nitrogens with zero attached hydrogens (tertiary/aromatic N) is 3. The van der Waals surface area contributed by atoms with Gasteiger partial charge in [-0.2, -0.15) is 9.90 Å². The number of amides is 1. The standard InChI is InChI=1S/C10H14N4O3/c1-2-17-9(15)6-14-11-5-8(13-14)12-10(16)7-3-4-7/h5,7H,2-4,6H2,1H3,(H,12,13,16). The predicted octanol–water partition coefficient (Wildman–Crippen LogP) is 0.190. The molecule has 0 saturated heterocycles. The molecular weight excluding hydrogens is 224 g/mol. The molecule has 7 heteroatoms. The zero-order valence-corrected chi connectivity index (χ0v) is 9.55. The predicted molar refractivity (Wildman–Crippen MR) is 58.0 cm³/mol. The molecule has 92 valence electrons. The second kappa shape index (κ2) is 4.94. The van der Waals surface area contributed by atoms with E-state index in [9.17, 15) is 9.59 Å². The highest BCUT2D eigenvalue weighted by Gasteiger charge is 2.30. The molecule has 0 aliphatic heterocycles. The lowest BCUT2D eigenvalue weighted by atomic mass is 10.4. The molecule has 7 nitrogen and oxygen atoms in total. The second-order valence-electron chi connectivity index (χ2n) is 3.83. The summed E-state index contributed by atoms with van der Waals surface area (Å²) in [6.45, 7) is 2.01. The largest absolute Gasteiger partial charge is 0.465 e. The van der Waals surface area contributed by atoms with E-state index in [1.165, 1.54) is 11.0 Å². The van der Waals surface area contributed by atoms with Crippen LogP contribution in [0.1, 0.15) is 19.8 Å². The zero-order chi connectivity index (χ0) is 12.3. The van der Waals surface area contributed by atoms with Crippen LogP contribution in [0, 0.1) is 5.92 Å². The van der Waals surface area contributed by atoms with E-state index in [1.54, 1.807) is 6.92 Å². The number of nitrogens with one attached hydrogen (secondary N) is 1. The number of esters is 1. The molecule has 0 spiro atoms. The van der Waals surface area contributed by atoms with Gasteiger partial charge in [0.1, 0.15) is 0 Å². The van der Waals surface area contributed by atoms with Crippen LogP contribution in [0.2, 0.25) is 0 Å². The maximum atomic E-state index is 11.4. The fraction of sp³-hybridized carbons (Fsp3) is 0.600. The van der Waals surface area contributed by atoms with E-state index in [0.717, 1.165) is 12.8 Å². The molecule has 1 aromatic heterocycles. The van der Waals surface area contributed by atoms with Gasteiger partial charge in [0.2, 0.25) is 5.91 Å². The average Bonchev–Trinajstić information content (AvgIpc) is 3.03. The first-order valence-electron chi connectivity index (χ1n) is 5.55. The number of rotatable bonds is 5. The molecule has 0 radical (unpaired) electrons. The Morgan fingerprint density at radius 3 is 3.00 bits per heavy atom. The highest BCUT2D eigenvalue weighted by Crippen LogP contribution is 2.29. The number of hydrogen-bond acceptors (Lipinski definition) is 5. The topological polar surface area (TPSA) is 86.1 Å². The van der Waals surface area contributed by atoms with E-state index in [0.29, 0.717) is 12.4 Å². The third kappa shape index (κ3) is 3.27. The van der Waals surface area contributed by atoms with Gasteiger partial charge in [-0.15, -0.1) is 5.10 Å². The summed E-state index contributed by atoms with van der Waals surface area (Å²) in [6.07, 6.45) is 3.28. The van der Waals surface area contributed by atoms with Gasteiger partial charge >= 0.3 is 5.97 Å². The van der Waals surface area contributed by atoms with Crippen LogP contribution in [0.5, 0.6) is 0 Å². The van der Waals surface area contributed by atoms with Gasteiger partial charge in [0, 0.05) is 5.92 Å². The van der Waals surface area contributed by atoms with Crippen LogP contribution in [0.15, 0.2) is 6.20 Å². The molecule has 1 N–H and O–H groups in total. The maximum Gasteiger partial charge on any atom is 0.329 e. The van der Waals surface area contributed by atoms with Gasteiger partial charge in [0.05, 0.1) is 12.8 Å². The SMILES string of the molecule is CCOC(=O)Cn1ncc(NC(=O)C2CC2)n1. The first-order chi connectivity index (χ1) is 8.19. The van der Waals surface area contributed by atoms with Gasteiger partial charge < -0.3 is 10.1 Å². The summed E-state index contributed by atoms with van der Waals surface area (Å²) >= 11 is 0. The molecule has 2 rings (SSSR count). The molecule has 0 bridgehead atoms. The summed E-state index contributed by atoms with van der Waals surface area (Å²) in [7, 11) is 0. The van der Waals surface area contributed by atoms with E-state index >= 15 is 0 Å². The van der Waals surface area contributed by atoms with Crippen LogP contribution >= 0.6 is 0 Å². The van der Waals surface area contributed by atoms with E-state index in [2.05, 4.69) is 15.5 Å². The summed E-state index contributed by atoms with van der Waals surface area (Å²) in [4.78, 5) is 23.8. The minimum Gasteiger partial charge on any atom is -0.465 e. The summed E-state index contributed by atoms with van der Waals surface area (Å²) in [6, 6.07) is 0. The number of anilines is 1. The minimum absolute atomic E-state index is 0.0341. The number of hydrogen-bond donors (Lipinski definition) is 1. The van der Waals surface area contributed by atoms with E-state index in [4.69, 9.17) is 4.74 Å². The van der Waals surface area contributed by atoms with Crippen LogP contribution < -0.4 is 5.32 Å². The molecular formula is C10H14N4O3. The molecule has 0 aromatic carbocycles. The summed E-state index contributed by atoms with van der Waals surface area (Å²) < 4.78 is 4.76. The van der Waals surface area contributed by atoms with Gasteiger partial charge in [-0.1, -0.05) is 0 Å². The van der Waals surface area contributed by atoms with Crippen molar-refractivity contribution in [3.8, 4) is 0 Å². The monoisotopic (exact) mass is 238 g/mol. The molecule has 1 aliphatic carbocycles. The lowest BCUT2D eigenvalue weighted by Crippen LogP contribution is -2.17. The first-order valence-corrected chi connectivity index (χ1v) is 5.55. The van der Waals surface area contributed by atoms with Crippen molar-refractivity contribution in [2.45, 2.75) is 26.3 Å². The Hall–Kier alpha value is -1.92. The zero-order valence-electron chi connectivity index (χ0n) is 9.55. The highest BCUT2D eigenvalue weighted by atomic mass is 16.5. The Balaban J connectivity index is 1.86. The number of ether oxygens (including phenoxy) is 1. The first kappa shape index (κ1) is 11.6. The fourth-order valence-corrected chi connectivity index (χ4v) is 1.33. The van der Waals surface area contributed by atoms with Gasteiger partial charge in [0.25, 0.3) is 0 Å². The normalized spacial score (nSPS) is 14.4. The third-order valence-corrected chi connectivity index (χ3v) is 2.31. The van der Waals surface area contributed by atoms with Gasteiger partial charge in [-0.3, -0.25) is 4.79 Å². The maximum absolute atomic E-state index is 11.4. The summed E-state index contributed by atoms with van der Waals surface area (Å²) in [5, 5.41) is 10.5. The van der Waals surface area contributed by atoms with Crippen molar-refractivity contribution in [3.63, 3.8) is 0 Å². The molecule has 0 atom stereocenters. The molecule has 1 aliphatic rings. The van der Waals surface area contributed by atoms with Gasteiger partial charge in [0.15, 0.2) is 12.4 Å². The quantitative estimate of drug-likeness (QED) is 0.740. The van der Waals surface area contributed by atoms with E-state index in [-0.39, 0.29) is 18.4 Å². The van der Waals surface area contributed by atoms with Crippen LogP contribution in [0.4, 0.5) is 5.82 Å². The molecule has 1 fully saturated rings. The van der Waals surface area contributed by atoms with Crippen LogP contribution in [0.3, 0.4) is 0 Å². The number of carbonyl (C=O) groups excluding carboxylic acids is 2. The van der Waals surface area contributed by atoms with Crippen molar-refractivity contribution in [1.29, 1.82) is 0 Å². The van der Waals surface area contributed by atoms with Crippen molar-refractivity contribution in [2.75, 3.05) is 11.9 Å². The van der Waals surface area contributed by atoms with Crippen molar-refractivity contribution in [3.05, 3.63) is 6.20 Å². The van der Waals surface area contributed by atoms with Gasteiger partial charge in [-0.05, 0) is 19.8 Å². The van der Waals surface area contributed by atoms with E-state index < -0.39 is 5.97 Å². The van der Waals surface area contributed by atoms with E-state index in [1.807, 2.05) is 0 Å². The van der Waals surface area contributed by atoms with Crippen LogP contribution in [0.25, 0.3) is 0 Å². The Morgan fingerprint density at radius 2 is 2.35 bits per heavy atom. The molecule has 1 heterocycles. The molecule has 1 amide bonds. The summed E-state index contributed by atoms with van der Waals surface area (Å²) in [5.74, 6) is 0.0489. The molecule has 1 aromatic rings. The third-order valence-electron chi connectivity index (χ3n) is 2.31. The Bertz CT molecular complexity index is 425. The lowest BCUT2D eigenvalue weighted by molar-refractivity contribution is -0.144. The van der Waals surface area contributed by atoms with Crippen molar-refractivity contribution < 1.29 is 14.3 Å². The van der Waals surface area contributed by atoms with Crippen molar-refractivity contribution >= 4 is 17.7 Å². The van der Waals surface area contributed by atoms with Crippen molar-refractivity contribution in [2.24, 2.45) is 5.92 Å². The Labute approximate surface area is 98.1 Å². The Morgan fingerprint density at radius 1 is 1.59 bits per heavy atom. The molecule has 17 heavy (non-hydrogen) atoms. The molecule has 0 unspecified atom stereocenters. The van der Waals surface area contributed by atoms with Crippen LogP contribution in [-0.2, 0) is 20.9 Å². The summed E-state index contributed by atoms with van der Waals surface area (Å²) in [5.41, 5.74) is 0.